The SMILES string of the molecule is O=C(NC(=S)Nc1nc2ccc(O)cc2s1)c1ccc(Cl)cc1. The van der Waals surface area contributed by atoms with Gasteiger partial charge in [-0.2, -0.15) is 0 Å². The van der Waals surface area contributed by atoms with Crippen molar-refractivity contribution in [3.63, 3.8) is 0 Å². The van der Waals surface area contributed by atoms with Gasteiger partial charge in [0.05, 0.1) is 10.2 Å². The molecule has 0 radical (unpaired) electrons. The summed E-state index contributed by atoms with van der Waals surface area (Å²) in [6.45, 7) is 0. The van der Waals surface area contributed by atoms with Gasteiger partial charge in [0.1, 0.15) is 5.75 Å². The van der Waals surface area contributed by atoms with E-state index in [1.165, 1.54) is 11.3 Å². The summed E-state index contributed by atoms with van der Waals surface area (Å²) in [6, 6.07) is 11.4. The number of hydrogen-bond acceptors (Lipinski definition) is 5. The van der Waals surface area contributed by atoms with Crippen molar-refractivity contribution < 1.29 is 9.90 Å². The van der Waals surface area contributed by atoms with Gasteiger partial charge in [0.15, 0.2) is 10.2 Å². The fraction of sp³-hybridized carbons (Fsp3) is 0. The summed E-state index contributed by atoms with van der Waals surface area (Å²) in [5.41, 5.74) is 1.19. The molecule has 8 heteroatoms. The summed E-state index contributed by atoms with van der Waals surface area (Å²) in [5, 5.41) is 16.1. The molecule has 1 heterocycles. The highest BCUT2D eigenvalue weighted by Crippen LogP contribution is 2.28. The van der Waals surface area contributed by atoms with E-state index in [0.29, 0.717) is 15.7 Å². The van der Waals surface area contributed by atoms with E-state index in [-0.39, 0.29) is 16.8 Å². The second-order valence-corrected chi connectivity index (χ2v) is 6.46. The lowest BCUT2D eigenvalue weighted by molar-refractivity contribution is 0.0978. The largest absolute Gasteiger partial charge is 0.508 e. The van der Waals surface area contributed by atoms with Crippen molar-refractivity contribution >= 4 is 61.5 Å². The molecule has 0 aliphatic rings. The van der Waals surface area contributed by atoms with Crippen molar-refractivity contribution in [1.82, 2.24) is 10.3 Å². The highest BCUT2D eigenvalue weighted by molar-refractivity contribution is 7.80. The minimum atomic E-state index is -0.335. The van der Waals surface area contributed by atoms with Crippen LogP contribution in [0.25, 0.3) is 10.2 Å². The molecule has 0 unspecified atom stereocenters. The van der Waals surface area contributed by atoms with Gasteiger partial charge in [-0.3, -0.25) is 10.1 Å². The van der Waals surface area contributed by atoms with E-state index in [4.69, 9.17) is 23.8 Å². The lowest BCUT2D eigenvalue weighted by atomic mass is 10.2. The van der Waals surface area contributed by atoms with Crippen molar-refractivity contribution in [3.05, 3.63) is 53.1 Å². The molecular formula is C15H10ClN3O2S2. The zero-order valence-corrected chi connectivity index (χ0v) is 13.9. The fourth-order valence-corrected chi connectivity index (χ4v) is 3.15. The molecule has 0 saturated heterocycles. The number of thiazole rings is 1. The molecule has 0 aliphatic carbocycles. The molecule has 0 aliphatic heterocycles. The number of aromatic nitrogens is 1. The summed E-state index contributed by atoms with van der Waals surface area (Å²) in [7, 11) is 0. The maximum atomic E-state index is 12.0. The molecule has 1 amide bonds. The number of aromatic hydroxyl groups is 1. The normalized spacial score (nSPS) is 10.5. The summed E-state index contributed by atoms with van der Waals surface area (Å²) in [5.74, 6) is -0.163. The predicted molar refractivity (Wildman–Crippen MR) is 96.4 cm³/mol. The third-order valence-corrected chi connectivity index (χ3v) is 4.32. The van der Waals surface area contributed by atoms with Crippen molar-refractivity contribution in [2.75, 3.05) is 5.32 Å². The standard InChI is InChI=1S/C15H10ClN3O2S2/c16-9-3-1-8(2-4-9)13(21)18-14(22)19-15-17-11-6-5-10(20)7-12(11)23-15/h1-7,20H,(H2,17,18,19,21,22). The van der Waals surface area contributed by atoms with Gasteiger partial charge < -0.3 is 10.4 Å². The van der Waals surface area contributed by atoms with Gasteiger partial charge in [-0.15, -0.1) is 0 Å². The molecule has 5 nitrogen and oxygen atoms in total. The van der Waals surface area contributed by atoms with Crippen LogP contribution in [0.4, 0.5) is 5.13 Å². The van der Waals surface area contributed by atoms with Crippen LogP contribution in [0.15, 0.2) is 42.5 Å². The molecule has 3 N–H and O–H groups in total. The van der Waals surface area contributed by atoms with E-state index < -0.39 is 0 Å². The summed E-state index contributed by atoms with van der Waals surface area (Å²) in [4.78, 5) is 16.4. The Morgan fingerprint density at radius 1 is 1.22 bits per heavy atom. The van der Waals surface area contributed by atoms with Crippen molar-refractivity contribution in [3.8, 4) is 5.75 Å². The van der Waals surface area contributed by atoms with Gasteiger partial charge in [0, 0.05) is 10.6 Å². The first kappa shape index (κ1) is 15.7. The molecule has 116 valence electrons. The molecule has 3 rings (SSSR count). The Balaban J connectivity index is 1.68. The maximum Gasteiger partial charge on any atom is 0.257 e. The number of phenols is 1. The number of thiocarbonyl (C=S) groups is 1. The number of halogens is 1. The number of carbonyl (C=O) groups excluding carboxylic acids is 1. The minimum Gasteiger partial charge on any atom is -0.508 e. The highest BCUT2D eigenvalue weighted by atomic mass is 35.5. The van der Waals surface area contributed by atoms with Crippen LogP contribution in [-0.2, 0) is 0 Å². The quantitative estimate of drug-likeness (QED) is 0.604. The van der Waals surface area contributed by atoms with E-state index in [1.807, 2.05) is 0 Å². The van der Waals surface area contributed by atoms with Crippen molar-refractivity contribution in [2.45, 2.75) is 0 Å². The number of nitrogens with one attached hydrogen (secondary N) is 2. The van der Waals surface area contributed by atoms with Gasteiger partial charge in [-0.25, -0.2) is 4.98 Å². The van der Waals surface area contributed by atoms with Gasteiger partial charge in [-0.05, 0) is 54.7 Å². The Morgan fingerprint density at radius 3 is 2.70 bits per heavy atom. The van der Waals surface area contributed by atoms with Crippen LogP contribution in [0.2, 0.25) is 5.02 Å². The Kier molecular flexibility index (Phi) is 4.42. The number of hydrogen-bond donors (Lipinski definition) is 3. The topological polar surface area (TPSA) is 74.2 Å². The monoisotopic (exact) mass is 363 g/mol. The fourth-order valence-electron chi connectivity index (χ4n) is 1.87. The van der Waals surface area contributed by atoms with Crippen molar-refractivity contribution in [2.24, 2.45) is 0 Å². The van der Waals surface area contributed by atoms with E-state index in [0.717, 1.165) is 10.2 Å². The van der Waals surface area contributed by atoms with Crippen LogP contribution in [0, 0.1) is 0 Å². The third-order valence-electron chi connectivity index (χ3n) is 2.93. The Bertz CT molecular complexity index is 893. The van der Waals surface area contributed by atoms with Crippen LogP contribution in [-0.4, -0.2) is 21.1 Å². The van der Waals surface area contributed by atoms with E-state index in [2.05, 4.69) is 15.6 Å². The number of anilines is 1. The van der Waals surface area contributed by atoms with E-state index >= 15 is 0 Å². The number of fused-ring (bicyclic) bond motifs is 1. The van der Waals surface area contributed by atoms with Gasteiger partial charge in [0.25, 0.3) is 5.91 Å². The van der Waals surface area contributed by atoms with Crippen molar-refractivity contribution in [1.29, 1.82) is 0 Å². The molecule has 2 aromatic carbocycles. The van der Waals surface area contributed by atoms with Crippen LogP contribution < -0.4 is 10.6 Å². The smallest absolute Gasteiger partial charge is 0.257 e. The molecule has 1 aromatic heterocycles. The second-order valence-electron chi connectivity index (χ2n) is 4.59. The Labute approximate surface area is 145 Å². The van der Waals surface area contributed by atoms with E-state index in [9.17, 15) is 9.90 Å². The average molecular weight is 364 g/mol. The van der Waals surface area contributed by atoms with Gasteiger partial charge >= 0.3 is 0 Å². The average Bonchev–Trinajstić information content (AvgIpc) is 2.88. The molecule has 23 heavy (non-hydrogen) atoms. The lowest BCUT2D eigenvalue weighted by Crippen LogP contribution is -2.34. The number of rotatable bonds is 2. The van der Waals surface area contributed by atoms with Gasteiger partial charge in [-0.1, -0.05) is 22.9 Å². The van der Waals surface area contributed by atoms with E-state index in [1.54, 1.807) is 42.5 Å². The summed E-state index contributed by atoms with van der Waals surface area (Å²) >= 11 is 12.2. The minimum absolute atomic E-state index is 0.147. The zero-order chi connectivity index (χ0) is 16.4. The third kappa shape index (κ3) is 3.76. The number of nitrogens with zero attached hydrogens (tertiary/aromatic N) is 1. The molecule has 3 aromatic rings. The zero-order valence-electron chi connectivity index (χ0n) is 11.5. The highest BCUT2D eigenvalue weighted by Gasteiger charge is 2.10. The first-order valence-electron chi connectivity index (χ1n) is 6.49. The molecule has 0 fully saturated rings. The Hall–Kier alpha value is -2.22. The van der Waals surface area contributed by atoms with Crippen LogP contribution >= 0.6 is 35.2 Å². The predicted octanol–water partition coefficient (Wildman–Crippen LogP) is 3.78. The summed E-state index contributed by atoms with van der Waals surface area (Å²) < 4.78 is 0.819. The first-order valence-corrected chi connectivity index (χ1v) is 8.09. The number of carbonyl (C=O) groups is 1. The number of phenolic OH excluding ortho intramolecular Hbond substituents is 1. The molecule has 0 spiro atoms. The number of amides is 1. The lowest BCUT2D eigenvalue weighted by Gasteiger charge is -2.07. The first-order chi connectivity index (χ1) is 11.0. The second kappa shape index (κ2) is 6.49. The molecule has 0 bridgehead atoms. The number of benzene rings is 2. The molecule has 0 saturated carbocycles. The van der Waals surface area contributed by atoms with Crippen LogP contribution in [0.3, 0.4) is 0 Å². The van der Waals surface area contributed by atoms with Crippen LogP contribution in [0.1, 0.15) is 10.4 Å². The van der Waals surface area contributed by atoms with Gasteiger partial charge in [0.2, 0.25) is 0 Å². The molecule has 0 atom stereocenters. The molecular weight excluding hydrogens is 354 g/mol. The summed E-state index contributed by atoms with van der Waals surface area (Å²) in [6.07, 6.45) is 0. The maximum absolute atomic E-state index is 12.0. The van der Waals surface area contributed by atoms with Crippen LogP contribution in [0.5, 0.6) is 5.75 Å². The Morgan fingerprint density at radius 2 is 1.96 bits per heavy atom.